The maximum atomic E-state index is 13.9. The van der Waals surface area contributed by atoms with Gasteiger partial charge in [0.1, 0.15) is 11.8 Å². The molecule has 0 bridgehead atoms. The fraction of sp³-hybridized carbons (Fsp3) is 0.375. The Morgan fingerprint density at radius 2 is 1.44 bits per heavy atom. The standard InChI is InChI=1S/C32H41N3O5S/c1-32(2,3)33-31(37)29(23-25-13-8-6-9-14-25)34(24-26-15-10-7-11-16-26)30(36)17-12-22-35(41(5,38)39)27-18-20-28(40-4)21-19-27/h6-11,13-16,18-21,29H,12,17,22-24H2,1-5H3,(H,33,37)/t29-/m1/s1. The number of carbonyl (C=O) groups excluding carboxylic acids is 2. The molecule has 0 aromatic heterocycles. The molecular formula is C32H41N3O5S. The lowest BCUT2D eigenvalue weighted by atomic mass is 10.00. The second-order valence-electron chi connectivity index (χ2n) is 11.1. The molecule has 0 aliphatic rings. The van der Waals surface area contributed by atoms with Crippen molar-refractivity contribution in [2.75, 3.05) is 24.2 Å². The number of rotatable bonds is 13. The van der Waals surface area contributed by atoms with Gasteiger partial charge in [0.15, 0.2) is 0 Å². The van der Waals surface area contributed by atoms with Gasteiger partial charge in [0.2, 0.25) is 21.8 Å². The lowest BCUT2D eigenvalue weighted by Crippen LogP contribution is -2.54. The van der Waals surface area contributed by atoms with Crippen LogP contribution in [0.2, 0.25) is 0 Å². The number of sulfonamides is 1. The molecule has 8 nitrogen and oxygen atoms in total. The van der Waals surface area contributed by atoms with Crippen molar-refractivity contribution in [2.45, 2.75) is 58.2 Å². The van der Waals surface area contributed by atoms with Gasteiger partial charge in [-0.25, -0.2) is 8.42 Å². The van der Waals surface area contributed by atoms with Crippen molar-refractivity contribution in [2.24, 2.45) is 0 Å². The first-order valence-corrected chi connectivity index (χ1v) is 15.5. The Kier molecular flexibility index (Phi) is 10.9. The maximum Gasteiger partial charge on any atom is 0.243 e. The van der Waals surface area contributed by atoms with Crippen LogP contribution in [-0.4, -0.2) is 56.6 Å². The predicted octanol–water partition coefficient (Wildman–Crippen LogP) is 4.80. The van der Waals surface area contributed by atoms with Crippen LogP contribution in [-0.2, 0) is 32.6 Å². The topological polar surface area (TPSA) is 96.0 Å². The van der Waals surface area contributed by atoms with E-state index in [0.29, 0.717) is 17.9 Å². The molecule has 3 aromatic rings. The van der Waals surface area contributed by atoms with Gasteiger partial charge >= 0.3 is 0 Å². The number of amides is 2. The maximum absolute atomic E-state index is 13.9. The number of hydrogen-bond acceptors (Lipinski definition) is 5. The molecule has 2 amide bonds. The van der Waals surface area contributed by atoms with E-state index < -0.39 is 21.6 Å². The van der Waals surface area contributed by atoms with Crippen LogP contribution < -0.4 is 14.4 Å². The summed E-state index contributed by atoms with van der Waals surface area (Å²) in [7, 11) is -2.05. The molecule has 1 N–H and O–H groups in total. The molecular weight excluding hydrogens is 538 g/mol. The van der Waals surface area contributed by atoms with Crippen molar-refractivity contribution >= 4 is 27.5 Å². The molecule has 0 saturated heterocycles. The molecule has 0 spiro atoms. The van der Waals surface area contributed by atoms with Crippen LogP contribution in [0.1, 0.15) is 44.7 Å². The molecule has 0 unspecified atom stereocenters. The van der Waals surface area contributed by atoms with Gasteiger partial charge in [-0.15, -0.1) is 0 Å². The zero-order valence-electron chi connectivity index (χ0n) is 24.5. The molecule has 0 aliphatic heterocycles. The highest BCUT2D eigenvalue weighted by Crippen LogP contribution is 2.23. The minimum Gasteiger partial charge on any atom is -0.497 e. The molecule has 0 radical (unpaired) electrons. The van der Waals surface area contributed by atoms with E-state index >= 15 is 0 Å². The van der Waals surface area contributed by atoms with Gasteiger partial charge in [-0.3, -0.25) is 13.9 Å². The number of methoxy groups -OCH3 is 1. The Balaban J connectivity index is 1.87. The van der Waals surface area contributed by atoms with E-state index in [1.54, 1.807) is 36.3 Å². The van der Waals surface area contributed by atoms with Crippen molar-refractivity contribution in [1.82, 2.24) is 10.2 Å². The Morgan fingerprint density at radius 1 is 0.878 bits per heavy atom. The third-order valence-corrected chi connectivity index (χ3v) is 7.67. The number of hydrogen-bond donors (Lipinski definition) is 1. The molecule has 1 atom stereocenters. The van der Waals surface area contributed by atoms with Crippen molar-refractivity contribution in [3.8, 4) is 5.75 Å². The van der Waals surface area contributed by atoms with Gasteiger partial charge in [0, 0.05) is 31.5 Å². The zero-order chi connectivity index (χ0) is 30.0. The summed E-state index contributed by atoms with van der Waals surface area (Å²) in [4.78, 5) is 29.1. The normalized spacial score (nSPS) is 12.3. The molecule has 0 fully saturated rings. The summed E-state index contributed by atoms with van der Waals surface area (Å²) in [5, 5.41) is 3.06. The predicted molar refractivity (Wildman–Crippen MR) is 163 cm³/mol. The van der Waals surface area contributed by atoms with Gasteiger partial charge in [-0.05, 0) is 62.6 Å². The SMILES string of the molecule is COc1ccc(N(CCCC(=O)N(Cc2ccccc2)[C@H](Cc2ccccc2)C(=O)NC(C)(C)C)S(C)(=O)=O)cc1. The fourth-order valence-corrected chi connectivity index (χ4v) is 5.50. The highest BCUT2D eigenvalue weighted by Gasteiger charge is 2.32. The molecule has 3 rings (SSSR count). The van der Waals surface area contributed by atoms with E-state index in [9.17, 15) is 18.0 Å². The van der Waals surface area contributed by atoms with Crippen LogP contribution in [0.15, 0.2) is 84.9 Å². The van der Waals surface area contributed by atoms with E-state index in [2.05, 4.69) is 5.32 Å². The summed E-state index contributed by atoms with van der Waals surface area (Å²) in [6.45, 7) is 6.10. The number of benzene rings is 3. The van der Waals surface area contributed by atoms with E-state index in [4.69, 9.17) is 4.74 Å². The Hall–Kier alpha value is -3.85. The third-order valence-electron chi connectivity index (χ3n) is 6.48. The van der Waals surface area contributed by atoms with Crippen LogP contribution in [0.4, 0.5) is 5.69 Å². The summed E-state index contributed by atoms with van der Waals surface area (Å²) in [6, 6.07) is 25.2. The Bertz CT molecular complexity index is 1370. The van der Waals surface area contributed by atoms with Gasteiger partial charge in [-0.1, -0.05) is 60.7 Å². The summed E-state index contributed by atoms with van der Waals surface area (Å²) < 4.78 is 31.7. The number of anilines is 1. The van der Waals surface area contributed by atoms with Crippen molar-refractivity contribution in [3.63, 3.8) is 0 Å². The summed E-state index contributed by atoms with van der Waals surface area (Å²) in [5.41, 5.74) is 1.85. The zero-order valence-corrected chi connectivity index (χ0v) is 25.4. The second-order valence-corrected chi connectivity index (χ2v) is 13.0. The Labute approximate surface area is 244 Å². The highest BCUT2D eigenvalue weighted by molar-refractivity contribution is 7.92. The van der Waals surface area contributed by atoms with Gasteiger partial charge in [0.25, 0.3) is 0 Å². The minimum absolute atomic E-state index is 0.0725. The van der Waals surface area contributed by atoms with E-state index in [1.165, 1.54) is 4.31 Å². The van der Waals surface area contributed by atoms with E-state index in [0.717, 1.165) is 17.4 Å². The highest BCUT2D eigenvalue weighted by atomic mass is 32.2. The quantitative estimate of drug-likeness (QED) is 0.314. The smallest absolute Gasteiger partial charge is 0.243 e. The van der Waals surface area contributed by atoms with E-state index in [1.807, 2.05) is 81.4 Å². The molecule has 9 heteroatoms. The van der Waals surface area contributed by atoms with Crippen molar-refractivity contribution < 1.29 is 22.7 Å². The third kappa shape index (κ3) is 9.93. The second kappa shape index (κ2) is 14.2. The van der Waals surface area contributed by atoms with Gasteiger partial charge in [-0.2, -0.15) is 0 Å². The number of ether oxygens (including phenoxy) is 1. The lowest BCUT2D eigenvalue weighted by molar-refractivity contribution is -0.142. The molecule has 0 saturated carbocycles. The summed E-state index contributed by atoms with van der Waals surface area (Å²) >= 11 is 0. The minimum atomic E-state index is -3.59. The summed E-state index contributed by atoms with van der Waals surface area (Å²) in [5.74, 6) is 0.163. The average Bonchev–Trinajstić information content (AvgIpc) is 2.92. The van der Waals surface area contributed by atoms with Gasteiger partial charge in [0.05, 0.1) is 19.1 Å². The van der Waals surface area contributed by atoms with Crippen LogP contribution in [0, 0.1) is 0 Å². The van der Waals surface area contributed by atoms with E-state index in [-0.39, 0.29) is 37.7 Å². The molecule has 220 valence electrons. The van der Waals surface area contributed by atoms with Gasteiger partial charge < -0.3 is 15.0 Å². The first kappa shape index (κ1) is 31.7. The van der Waals surface area contributed by atoms with Crippen LogP contribution in [0.3, 0.4) is 0 Å². The largest absolute Gasteiger partial charge is 0.497 e. The van der Waals surface area contributed by atoms with Crippen LogP contribution in [0.5, 0.6) is 5.75 Å². The van der Waals surface area contributed by atoms with Crippen molar-refractivity contribution in [3.05, 3.63) is 96.1 Å². The number of carbonyl (C=O) groups is 2. The first-order chi connectivity index (χ1) is 19.4. The lowest BCUT2D eigenvalue weighted by Gasteiger charge is -2.34. The van der Waals surface area contributed by atoms with Crippen molar-refractivity contribution in [1.29, 1.82) is 0 Å². The average molecular weight is 580 g/mol. The van der Waals surface area contributed by atoms with Crippen LogP contribution in [0.25, 0.3) is 0 Å². The number of nitrogens with zero attached hydrogens (tertiary/aromatic N) is 2. The first-order valence-electron chi connectivity index (χ1n) is 13.7. The molecule has 0 heterocycles. The molecule has 3 aromatic carbocycles. The fourth-order valence-electron chi connectivity index (χ4n) is 4.54. The summed E-state index contributed by atoms with van der Waals surface area (Å²) in [6.07, 6.45) is 1.85. The molecule has 41 heavy (non-hydrogen) atoms. The van der Waals surface area contributed by atoms with Crippen LogP contribution >= 0.6 is 0 Å². The molecule has 0 aliphatic carbocycles. The monoisotopic (exact) mass is 579 g/mol. The number of nitrogens with one attached hydrogen (secondary N) is 1. The Morgan fingerprint density at radius 3 is 1.95 bits per heavy atom.